The number of imide groups is 1. The first kappa shape index (κ1) is 21.1. The molecule has 1 aliphatic rings. The van der Waals surface area contributed by atoms with Gasteiger partial charge in [0.05, 0.1) is 28.9 Å². The van der Waals surface area contributed by atoms with E-state index in [-0.39, 0.29) is 24.5 Å². The van der Waals surface area contributed by atoms with Crippen molar-refractivity contribution in [1.82, 2.24) is 0 Å². The first-order chi connectivity index (χ1) is 13.8. The topological polar surface area (TPSA) is 66.8 Å². The minimum atomic E-state index is -0.349. The minimum Gasteiger partial charge on any atom is -0.491 e. The Morgan fingerprint density at radius 1 is 1.03 bits per heavy atom. The van der Waals surface area contributed by atoms with Crippen LogP contribution in [0.3, 0.4) is 0 Å². The molecule has 2 aromatic carbocycles. The number of aryl methyl sites for hydroxylation is 2. The number of amides is 2. The monoisotopic (exact) mass is 411 g/mol. The number of thioether (sulfide) groups is 1. The second kappa shape index (κ2) is 8.84. The third-order valence-corrected chi connectivity index (χ3v) is 5.54. The van der Waals surface area contributed by atoms with E-state index in [0.717, 1.165) is 11.1 Å². The summed E-state index contributed by atoms with van der Waals surface area (Å²) >= 11 is 1.21. The van der Waals surface area contributed by atoms with Gasteiger partial charge in [0.2, 0.25) is 0 Å². The number of aliphatic hydroxyl groups is 1. The van der Waals surface area contributed by atoms with Gasteiger partial charge in [-0.05, 0) is 57.0 Å². The van der Waals surface area contributed by atoms with Crippen LogP contribution in [0.25, 0.3) is 5.57 Å². The number of ether oxygens (including phenoxy) is 1. The molecule has 0 unspecified atom stereocenters. The molecule has 0 fully saturated rings. The van der Waals surface area contributed by atoms with E-state index in [1.807, 2.05) is 39.8 Å². The molecule has 0 atom stereocenters. The van der Waals surface area contributed by atoms with Crippen molar-refractivity contribution in [3.8, 4) is 5.75 Å². The summed E-state index contributed by atoms with van der Waals surface area (Å²) in [5, 5.41) is 9.24. The number of anilines is 1. The lowest BCUT2D eigenvalue weighted by molar-refractivity contribution is -0.119. The Kier molecular flexibility index (Phi) is 6.45. The van der Waals surface area contributed by atoms with Crippen LogP contribution in [0, 0.1) is 13.8 Å². The van der Waals surface area contributed by atoms with Gasteiger partial charge in [-0.25, -0.2) is 4.90 Å². The zero-order chi connectivity index (χ0) is 21.1. The largest absolute Gasteiger partial charge is 0.491 e. The van der Waals surface area contributed by atoms with Crippen molar-refractivity contribution in [2.75, 3.05) is 17.3 Å². The van der Waals surface area contributed by atoms with Crippen molar-refractivity contribution in [2.24, 2.45) is 0 Å². The van der Waals surface area contributed by atoms with Crippen molar-refractivity contribution in [3.05, 3.63) is 64.1 Å². The maximum atomic E-state index is 13.3. The molecule has 0 spiro atoms. The molecule has 0 saturated heterocycles. The number of rotatable bonds is 7. The summed E-state index contributed by atoms with van der Waals surface area (Å²) in [6.07, 6.45) is 0.0467. The summed E-state index contributed by atoms with van der Waals surface area (Å²) < 4.78 is 5.67. The average Bonchev–Trinajstić information content (AvgIpc) is 2.90. The molecule has 0 bridgehead atoms. The third kappa shape index (κ3) is 4.38. The molecule has 1 N–H and O–H groups in total. The van der Waals surface area contributed by atoms with Crippen molar-refractivity contribution >= 4 is 34.8 Å². The summed E-state index contributed by atoms with van der Waals surface area (Å²) in [5.41, 5.74) is 3.54. The number of nitrogens with zero attached hydrogens (tertiary/aromatic N) is 1. The fourth-order valence-electron chi connectivity index (χ4n) is 3.29. The van der Waals surface area contributed by atoms with E-state index >= 15 is 0 Å². The zero-order valence-electron chi connectivity index (χ0n) is 17.1. The molecule has 29 heavy (non-hydrogen) atoms. The highest BCUT2D eigenvalue weighted by atomic mass is 32.2. The number of hydrogen-bond donors (Lipinski definition) is 1. The van der Waals surface area contributed by atoms with E-state index in [9.17, 15) is 14.7 Å². The van der Waals surface area contributed by atoms with Gasteiger partial charge in [0.1, 0.15) is 5.75 Å². The fourth-order valence-corrected chi connectivity index (χ4v) is 4.15. The lowest BCUT2D eigenvalue weighted by Crippen LogP contribution is -2.32. The molecule has 1 heterocycles. The lowest BCUT2D eigenvalue weighted by Gasteiger charge is -2.18. The van der Waals surface area contributed by atoms with E-state index in [4.69, 9.17) is 4.74 Å². The SMILES string of the molecule is Cc1ccc(N2C(=O)C(SCCO)=C(c3ccc(OC(C)C)cc3)C2=O)c(C)c1. The van der Waals surface area contributed by atoms with Crippen molar-refractivity contribution in [3.63, 3.8) is 0 Å². The van der Waals surface area contributed by atoms with Crippen molar-refractivity contribution in [1.29, 1.82) is 0 Å². The smallest absolute Gasteiger partial charge is 0.272 e. The summed E-state index contributed by atoms with van der Waals surface area (Å²) in [7, 11) is 0. The first-order valence-electron chi connectivity index (χ1n) is 9.54. The van der Waals surface area contributed by atoms with Gasteiger partial charge < -0.3 is 9.84 Å². The number of carbonyl (C=O) groups is 2. The molecule has 0 radical (unpaired) electrons. The summed E-state index contributed by atoms with van der Waals surface area (Å²) in [6, 6.07) is 12.8. The minimum absolute atomic E-state index is 0.0467. The van der Waals surface area contributed by atoms with Gasteiger partial charge in [0, 0.05) is 5.75 Å². The molecule has 5 nitrogen and oxygen atoms in total. The second-order valence-corrected chi connectivity index (χ2v) is 8.31. The molecule has 1 aliphatic heterocycles. The average molecular weight is 412 g/mol. The number of benzene rings is 2. The molecule has 3 rings (SSSR count). The molecular weight excluding hydrogens is 386 g/mol. The molecule has 0 saturated carbocycles. The van der Waals surface area contributed by atoms with Crippen LogP contribution < -0.4 is 9.64 Å². The Hall–Kier alpha value is -2.57. The molecule has 0 aromatic heterocycles. The zero-order valence-corrected chi connectivity index (χ0v) is 17.9. The van der Waals surface area contributed by atoms with Gasteiger partial charge in [-0.15, -0.1) is 11.8 Å². The summed E-state index contributed by atoms with van der Waals surface area (Å²) in [6.45, 7) is 7.67. The van der Waals surface area contributed by atoms with E-state index in [1.165, 1.54) is 16.7 Å². The van der Waals surface area contributed by atoms with Crippen LogP contribution in [0.15, 0.2) is 47.4 Å². The lowest BCUT2D eigenvalue weighted by atomic mass is 10.1. The van der Waals surface area contributed by atoms with Crippen LogP contribution in [0.5, 0.6) is 5.75 Å². The molecule has 6 heteroatoms. The first-order valence-corrected chi connectivity index (χ1v) is 10.5. The van der Waals surface area contributed by atoms with Crippen molar-refractivity contribution < 1.29 is 19.4 Å². The van der Waals surface area contributed by atoms with E-state index in [0.29, 0.717) is 33.2 Å². The highest BCUT2D eigenvalue weighted by Crippen LogP contribution is 2.39. The predicted octanol–water partition coefficient (Wildman–Crippen LogP) is 4.10. The highest BCUT2D eigenvalue weighted by Gasteiger charge is 2.40. The van der Waals surface area contributed by atoms with Crippen LogP contribution in [0.2, 0.25) is 0 Å². The van der Waals surface area contributed by atoms with E-state index < -0.39 is 0 Å². The number of hydrogen-bond acceptors (Lipinski definition) is 5. The van der Waals surface area contributed by atoms with Crippen LogP contribution in [0.4, 0.5) is 5.69 Å². The Bertz CT molecular complexity index is 963. The summed E-state index contributed by atoms with van der Waals surface area (Å²) in [4.78, 5) is 28.1. The standard InChI is InChI=1S/C23H25NO4S/c1-14(2)28-18-8-6-17(7-9-18)20-21(29-12-11-25)23(27)24(22(20)26)19-10-5-15(3)13-16(19)4/h5-10,13-14,25H,11-12H2,1-4H3. The van der Waals surface area contributed by atoms with Crippen LogP contribution in [-0.2, 0) is 9.59 Å². The molecule has 152 valence electrons. The third-order valence-electron chi connectivity index (χ3n) is 4.49. The van der Waals surface area contributed by atoms with Crippen molar-refractivity contribution in [2.45, 2.75) is 33.8 Å². The van der Waals surface area contributed by atoms with Gasteiger partial charge in [0.15, 0.2) is 0 Å². The normalized spacial score (nSPS) is 14.3. The highest BCUT2D eigenvalue weighted by molar-refractivity contribution is 8.04. The molecule has 0 aliphatic carbocycles. The van der Waals surface area contributed by atoms with E-state index in [2.05, 4.69) is 0 Å². The van der Waals surface area contributed by atoms with Crippen LogP contribution in [0.1, 0.15) is 30.5 Å². The van der Waals surface area contributed by atoms with Crippen LogP contribution >= 0.6 is 11.8 Å². The molecule has 2 aromatic rings. The number of aliphatic hydroxyl groups excluding tert-OH is 1. The number of carbonyl (C=O) groups excluding carboxylic acids is 2. The summed E-state index contributed by atoms with van der Waals surface area (Å²) in [5.74, 6) is 0.349. The fraction of sp³-hybridized carbons (Fsp3) is 0.304. The quantitative estimate of drug-likeness (QED) is 0.695. The molecular formula is C23H25NO4S. The van der Waals surface area contributed by atoms with E-state index in [1.54, 1.807) is 30.3 Å². The Morgan fingerprint density at radius 2 is 1.72 bits per heavy atom. The van der Waals surface area contributed by atoms with Gasteiger partial charge in [0.25, 0.3) is 11.8 Å². The van der Waals surface area contributed by atoms with Gasteiger partial charge in [-0.3, -0.25) is 9.59 Å². The Labute approximate surface area is 175 Å². The van der Waals surface area contributed by atoms with Gasteiger partial charge >= 0.3 is 0 Å². The second-order valence-electron chi connectivity index (χ2n) is 7.20. The Balaban J connectivity index is 2.02. The van der Waals surface area contributed by atoms with Gasteiger partial charge in [-0.2, -0.15) is 0 Å². The Morgan fingerprint density at radius 3 is 2.31 bits per heavy atom. The predicted molar refractivity (Wildman–Crippen MR) is 117 cm³/mol. The maximum Gasteiger partial charge on any atom is 0.272 e. The molecule has 2 amide bonds. The van der Waals surface area contributed by atoms with Gasteiger partial charge in [-0.1, -0.05) is 29.8 Å². The maximum absolute atomic E-state index is 13.3. The van der Waals surface area contributed by atoms with Crippen LogP contribution in [-0.4, -0.2) is 35.4 Å².